The van der Waals surface area contributed by atoms with Gasteiger partial charge in [0.05, 0.1) is 0 Å². The predicted octanol–water partition coefficient (Wildman–Crippen LogP) is -0.116. The summed E-state index contributed by atoms with van der Waals surface area (Å²) in [5, 5.41) is 16.3. The second-order valence-corrected chi connectivity index (χ2v) is 6.28. The van der Waals surface area contributed by atoms with E-state index in [-0.39, 0.29) is 12.3 Å². The van der Waals surface area contributed by atoms with Crippen LogP contribution in [0.1, 0.15) is 59.3 Å². The molecule has 26 heavy (non-hydrogen) atoms. The summed E-state index contributed by atoms with van der Waals surface area (Å²) in [6.45, 7) is 5.25. The highest BCUT2D eigenvalue weighted by molar-refractivity contribution is 5.92. The Morgan fingerprint density at radius 1 is 0.885 bits per heavy atom. The molecule has 3 atom stereocenters. The summed E-state index contributed by atoms with van der Waals surface area (Å²) in [6.07, 6.45) is 4.11. The molecule has 0 spiro atoms. The van der Waals surface area contributed by atoms with E-state index >= 15 is 0 Å². The fourth-order valence-corrected chi connectivity index (χ4v) is 2.20. The van der Waals surface area contributed by atoms with E-state index < -0.39 is 35.9 Å². The molecule has 0 bridgehead atoms. The van der Waals surface area contributed by atoms with Crippen LogP contribution in [0.2, 0.25) is 0 Å². The summed E-state index contributed by atoms with van der Waals surface area (Å²) in [5.41, 5.74) is 5.40. The van der Waals surface area contributed by atoms with Crippen molar-refractivity contribution in [3.05, 3.63) is 0 Å². The van der Waals surface area contributed by atoms with Crippen molar-refractivity contribution in [3.63, 3.8) is 0 Å². The van der Waals surface area contributed by atoms with E-state index in [2.05, 4.69) is 16.0 Å². The molecular formula is C17H32N4O5. The van der Waals surface area contributed by atoms with Crippen LogP contribution in [0, 0.1) is 0 Å². The summed E-state index contributed by atoms with van der Waals surface area (Å²) < 4.78 is 0. The van der Waals surface area contributed by atoms with E-state index in [1.165, 1.54) is 13.8 Å². The van der Waals surface area contributed by atoms with Gasteiger partial charge in [0.2, 0.25) is 17.7 Å². The molecule has 0 radical (unpaired) electrons. The zero-order valence-electron chi connectivity index (χ0n) is 15.8. The lowest BCUT2D eigenvalue weighted by atomic mass is 10.1. The predicted molar refractivity (Wildman–Crippen MR) is 97.2 cm³/mol. The van der Waals surface area contributed by atoms with Gasteiger partial charge in [0.15, 0.2) is 0 Å². The highest BCUT2D eigenvalue weighted by atomic mass is 16.4. The number of carboxylic acids is 1. The second-order valence-electron chi connectivity index (χ2n) is 6.28. The Bertz CT molecular complexity index is 484. The largest absolute Gasteiger partial charge is 0.480 e. The normalized spacial score (nSPS) is 14.0. The molecule has 0 rings (SSSR count). The van der Waals surface area contributed by atoms with Crippen molar-refractivity contribution in [2.24, 2.45) is 5.73 Å². The molecule has 3 unspecified atom stereocenters. The van der Waals surface area contributed by atoms with Crippen molar-refractivity contribution in [2.75, 3.05) is 6.54 Å². The number of amides is 3. The molecule has 0 saturated carbocycles. The van der Waals surface area contributed by atoms with Crippen molar-refractivity contribution in [3.8, 4) is 0 Å². The van der Waals surface area contributed by atoms with Gasteiger partial charge in [-0.2, -0.15) is 0 Å². The maximum atomic E-state index is 12.1. The van der Waals surface area contributed by atoms with Gasteiger partial charge in [-0.3, -0.25) is 14.4 Å². The lowest BCUT2D eigenvalue weighted by Gasteiger charge is -2.20. The van der Waals surface area contributed by atoms with Gasteiger partial charge in [0.1, 0.15) is 18.1 Å². The minimum Gasteiger partial charge on any atom is -0.480 e. The molecule has 3 amide bonds. The fraction of sp³-hybridized carbons (Fsp3) is 0.765. The van der Waals surface area contributed by atoms with Crippen molar-refractivity contribution in [1.29, 1.82) is 0 Å². The molecule has 6 N–H and O–H groups in total. The molecule has 0 aromatic carbocycles. The maximum Gasteiger partial charge on any atom is 0.326 e. The Kier molecular flexibility index (Phi) is 12.0. The van der Waals surface area contributed by atoms with Crippen LogP contribution in [-0.4, -0.2) is 53.5 Å². The zero-order chi connectivity index (χ0) is 20.1. The maximum absolute atomic E-state index is 12.1. The van der Waals surface area contributed by atoms with Crippen LogP contribution in [0.15, 0.2) is 0 Å². The molecule has 0 aromatic heterocycles. The Balaban J connectivity index is 4.24. The van der Waals surface area contributed by atoms with Gasteiger partial charge in [-0.15, -0.1) is 0 Å². The van der Waals surface area contributed by atoms with Gasteiger partial charge in [-0.25, -0.2) is 4.79 Å². The summed E-state index contributed by atoms with van der Waals surface area (Å²) in [5.74, 6) is -2.46. The Hall–Kier alpha value is -2.16. The topological polar surface area (TPSA) is 151 Å². The average Bonchev–Trinajstić information content (AvgIpc) is 2.58. The van der Waals surface area contributed by atoms with E-state index in [1.54, 1.807) is 6.92 Å². The summed E-state index contributed by atoms with van der Waals surface area (Å²) in [7, 11) is 0. The van der Waals surface area contributed by atoms with E-state index in [9.17, 15) is 19.2 Å². The first-order valence-corrected chi connectivity index (χ1v) is 9.05. The van der Waals surface area contributed by atoms with Crippen LogP contribution in [0.5, 0.6) is 0 Å². The van der Waals surface area contributed by atoms with E-state index in [1.807, 2.05) is 0 Å². The Labute approximate surface area is 154 Å². The number of aliphatic carboxylic acids is 1. The zero-order valence-corrected chi connectivity index (χ0v) is 15.8. The average molecular weight is 372 g/mol. The van der Waals surface area contributed by atoms with Crippen LogP contribution in [0.4, 0.5) is 0 Å². The monoisotopic (exact) mass is 372 g/mol. The minimum absolute atomic E-state index is 0.227. The lowest BCUT2D eigenvalue weighted by molar-refractivity contribution is -0.142. The first-order chi connectivity index (χ1) is 12.2. The molecule has 0 heterocycles. The van der Waals surface area contributed by atoms with Crippen LogP contribution < -0.4 is 21.7 Å². The number of hydrogen-bond acceptors (Lipinski definition) is 5. The van der Waals surface area contributed by atoms with Crippen molar-refractivity contribution >= 4 is 23.7 Å². The number of carbonyl (C=O) groups excluding carboxylic acids is 3. The fourth-order valence-electron chi connectivity index (χ4n) is 2.20. The molecule has 150 valence electrons. The van der Waals surface area contributed by atoms with Crippen LogP contribution >= 0.6 is 0 Å². The molecular weight excluding hydrogens is 340 g/mol. The molecule has 0 fully saturated rings. The van der Waals surface area contributed by atoms with Crippen molar-refractivity contribution in [1.82, 2.24) is 16.0 Å². The summed E-state index contributed by atoms with van der Waals surface area (Å²) in [4.78, 5) is 46.7. The van der Waals surface area contributed by atoms with E-state index in [0.29, 0.717) is 13.0 Å². The smallest absolute Gasteiger partial charge is 0.326 e. The molecule has 0 aliphatic rings. The van der Waals surface area contributed by atoms with Crippen LogP contribution in [0.25, 0.3) is 0 Å². The number of carbonyl (C=O) groups is 4. The SMILES string of the molecule is CCC(NC(=O)C(C)NC(=O)C(C)NC(=O)CCCCCCN)C(=O)O. The Morgan fingerprint density at radius 3 is 1.96 bits per heavy atom. The third-order valence-corrected chi connectivity index (χ3v) is 3.90. The molecule has 0 aliphatic heterocycles. The number of carboxylic acid groups (broad SMARTS) is 1. The van der Waals surface area contributed by atoms with Gasteiger partial charge in [0, 0.05) is 6.42 Å². The van der Waals surface area contributed by atoms with Crippen molar-refractivity contribution in [2.45, 2.75) is 77.4 Å². The van der Waals surface area contributed by atoms with E-state index in [4.69, 9.17) is 10.8 Å². The van der Waals surface area contributed by atoms with Crippen molar-refractivity contribution < 1.29 is 24.3 Å². The third kappa shape index (κ3) is 9.97. The number of hydrogen-bond donors (Lipinski definition) is 5. The first-order valence-electron chi connectivity index (χ1n) is 9.05. The highest BCUT2D eigenvalue weighted by Gasteiger charge is 2.24. The third-order valence-electron chi connectivity index (χ3n) is 3.90. The molecule has 9 nitrogen and oxygen atoms in total. The standard InChI is InChI=1S/C17H32N4O5/c1-4-13(17(25)26)21-16(24)12(3)20-15(23)11(2)19-14(22)9-7-5-6-8-10-18/h11-13H,4-10,18H2,1-3H3,(H,19,22)(H,20,23)(H,21,24)(H,25,26). The van der Waals surface area contributed by atoms with Gasteiger partial charge >= 0.3 is 5.97 Å². The molecule has 0 aromatic rings. The second kappa shape index (κ2) is 13.1. The summed E-state index contributed by atoms with van der Waals surface area (Å²) in [6, 6.07) is -2.70. The summed E-state index contributed by atoms with van der Waals surface area (Å²) >= 11 is 0. The number of rotatable bonds is 13. The molecule has 0 saturated heterocycles. The highest BCUT2D eigenvalue weighted by Crippen LogP contribution is 2.02. The first kappa shape index (κ1) is 23.8. The van der Waals surface area contributed by atoms with Crippen LogP contribution in [-0.2, 0) is 19.2 Å². The molecule has 0 aliphatic carbocycles. The van der Waals surface area contributed by atoms with Crippen LogP contribution in [0.3, 0.4) is 0 Å². The molecule has 9 heteroatoms. The minimum atomic E-state index is -1.13. The Morgan fingerprint density at radius 2 is 1.42 bits per heavy atom. The van der Waals surface area contributed by atoms with Gasteiger partial charge in [0.25, 0.3) is 0 Å². The van der Waals surface area contributed by atoms with E-state index in [0.717, 1.165) is 25.7 Å². The van der Waals surface area contributed by atoms with Gasteiger partial charge in [-0.1, -0.05) is 19.8 Å². The van der Waals surface area contributed by atoms with Gasteiger partial charge in [-0.05, 0) is 39.7 Å². The number of nitrogens with one attached hydrogen (secondary N) is 3. The number of unbranched alkanes of at least 4 members (excludes halogenated alkanes) is 3. The lowest BCUT2D eigenvalue weighted by Crippen LogP contribution is -2.53. The quantitative estimate of drug-likeness (QED) is 0.284. The van der Waals surface area contributed by atoms with Gasteiger partial charge < -0.3 is 26.8 Å². The number of nitrogens with two attached hydrogens (primary N) is 1.